The number of aromatic nitrogens is 2. The molecular formula is C36H28F3N5O6. The van der Waals surface area contributed by atoms with Crippen molar-refractivity contribution >= 4 is 23.3 Å². The number of hydrogen-bond acceptors (Lipinski definition) is 8. The van der Waals surface area contributed by atoms with Gasteiger partial charge in [-0.25, -0.2) is 18.2 Å². The van der Waals surface area contributed by atoms with E-state index >= 15 is 8.78 Å². The van der Waals surface area contributed by atoms with E-state index in [1.807, 2.05) is 0 Å². The van der Waals surface area contributed by atoms with Crippen LogP contribution >= 0.6 is 0 Å². The van der Waals surface area contributed by atoms with E-state index in [4.69, 9.17) is 19.9 Å². The number of benzene rings is 3. The number of amides is 2. The Morgan fingerprint density at radius 1 is 0.920 bits per heavy atom. The van der Waals surface area contributed by atoms with Crippen LogP contribution in [0.4, 0.5) is 24.7 Å². The third-order valence-corrected chi connectivity index (χ3v) is 8.70. The Balaban J connectivity index is 1.24. The van der Waals surface area contributed by atoms with Gasteiger partial charge >= 0.3 is 0 Å². The Morgan fingerprint density at radius 2 is 1.66 bits per heavy atom. The second-order valence-electron chi connectivity index (χ2n) is 11.6. The highest BCUT2D eigenvalue weighted by Gasteiger charge is 2.39. The van der Waals surface area contributed by atoms with E-state index in [2.05, 4.69) is 10.3 Å². The van der Waals surface area contributed by atoms with E-state index in [9.17, 15) is 18.8 Å². The molecule has 4 heterocycles. The summed E-state index contributed by atoms with van der Waals surface area (Å²) in [6.07, 6.45) is 2.04. The Labute approximate surface area is 282 Å². The van der Waals surface area contributed by atoms with Gasteiger partial charge < -0.3 is 34.7 Å². The smallest absolute Gasteiger partial charge is 0.273 e. The molecule has 50 heavy (non-hydrogen) atoms. The number of fused-ring (bicyclic) bond motifs is 2. The first-order valence-electron chi connectivity index (χ1n) is 15.3. The normalized spacial score (nSPS) is 15.0. The van der Waals surface area contributed by atoms with Crippen LogP contribution in [0.1, 0.15) is 20.8 Å². The van der Waals surface area contributed by atoms with Crippen LogP contribution in [0.5, 0.6) is 11.5 Å². The quantitative estimate of drug-likeness (QED) is 0.235. The van der Waals surface area contributed by atoms with Crippen LogP contribution < -0.4 is 26.0 Å². The number of halogens is 3. The summed E-state index contributed by atoms with van der Waals surface area (Å²) in [7, 11) is 2.98. The lowest BCUT2D eigenvalue weighted by Crippen LogP contribution is -2.47. The molecule has 0 spiro atoms. The minimum absolute atomic E-state index is 0.00278. The van der Waals surface area contributed by atoms with Gasteiger partial charge in [0.2, 0.25) is 5.43 Å². The lowest BCUT2D eigenvalue weighted by molar-refractivity contribution is 0.00909. The van der Waals surface area contributed by atoms with Crippen molar-refractivity contribution in [1.82, 2.24) is 14.5 Å². The van der Waals surface area contributed by atoms with Gasteiger partial charge in [-0.1, -0.05) is 18.2 Å². The van der Waals surface area contributed by atoms with Crippen molar-refractivity contribution in [1.29, 1.82) is 0 Å². The van der Waals surface area contributed by atoms with E-state index in [0.29, 0.717) is 29.2 Å². The van der Waals surface area contributed by atoms with Crippen molar-refractivity contribution in [2.75, 3.05) is 38.4 Å². The third-order valence-electron chi connectivity index (χ3n) is 8.70. The van der Waals surface area contributed by atoms with Gasteiger partial charge in [-0.15, -0.1) is 0 Å². The van der Waals surface area contributed by atoms with Gasteiger partial charge in [0.1, 0.15) is 34.5 Å². The molecule has 0 saturated carbocycles. The summed E-state index contributed by atoms with van der Waals surface area (Å²) in [5, 5.41) is 2.29. The number of anilines is 2. The van der Waals surface area contributed by atoms with Crippen LogP contribution in [0.2, 0.25) is 0 Å². The molecule has 11 nitrogen and oxygen atoms in total. The zero-order chi connectivity index (χ0) is 35.3. The van der Waals surface area contributed by atoms with Crippen LogP contribution in [-0.4, -0.2) is 59.9 Å². The van der Waals surface area contributed by atoms with Gasteiger partial charge in [-0.2, -0.15) is 0 Å². The molecule has 14 heteroatoms. The van der Waals surface area contributed by atoms with Crippen molar-refractivity contribution in [3.63, 3.8) is 0 Å². The molecule has 0 bridgehead atoms. The number of rotatable bonds is 7. The van der Waals surface area contributed by atoms with Gasteiger partial charge in [-0.3, -0.25) is 14.4 Å². The first-order chi connectivity index (χ1) is 24.1. The highest BCUT2D eigenvalue weighted by molar-refractivity contribution is 6.07. The number of methoxy groups -OCH3 is 2. The summed E-state index contributed by atoms with van der Waals surface area (Å²) in [5.41, 5.74) is 5.35. The van der Waals surface area contributed by atoms with E-state index < -0.39 is 52.2 Å². The third kappa shape index (κ3) is 5.58. The molecule has 0 radical (unpaired) electrons. The standard InChI is InChI=1S/C36H28F3N5O6/c1-48-28-8-5-19(12-29(28)49-2)20-11-23(34(40)41-15-20)22-13-26(39)27(14-25(22)38)42-35(46)24-16-43-17-30-44(9-10-50-30)36(47)32(43)31(33(24)45)18-3-6-21(37)7-4-18/h3-8,11-16,30H,9-10,17H2,1-2H3,(H2,40,41)(H,42,46). The monoisotopic (exact) mass is 683 g/mol. The Hall–Kier alpha value is -6.15. The summed E-state index contributed by atoms with van der Waals surface area (Å²) >= 11 is 0. The molecule has 7 rings (SSSR count). The average Bonchev–Trinajstić information content (AvgIpc) is 3.59. The summed E-state index contributed by atoms with van der Waals surface area (Å²) in [6.45, 7) is 0.703. The predicted molar refractivity (Wildman–Crippen MR) is 177 cm³/mol. The van der Waals surface area contributed by atoms with Crippen LogP contribution in [0.15, 0.2) is 77.9 Å². The Kier molecular flexibility index (Phi) is 8.23. The van der Waals surface area contributed by atoms with Crippen LogP contribution in [0, 0.1) is 17.5 Å². The number of nitrogens with two attached hydrogens (primary N) is 1. The molecule has 2 aliphatic heterocycles. The zero-order valence-electron chi connectivity index (χ0n) is 26.6. The lowest BCUT2D eigenvalue weighted by atomic mass is 9.98. The molecule has 1 fully saturated rings. The average molecular weight is 684 g/mol. The number of carbonyl (C=O) groups excluding carboxylic acids is 2. The number of ether oxygens (including phenoxy) is 3. The molecule has 5 aromatic rings. The number of nitrogen functional groups attached to an aromatic ring is 1. The summed E-state index contributed by atoms with van der Waals surface area (Å²) < 4.78 is 62.8. The fourth-order valence-corrected chi connectivity index (χ4v) is 6.20. The first kappa shape index (κ1) is 32.4. The van der Waals surface area contributed by atoms with Crippen molar-refractivity contribution in [3.8, 4) is 44.9 Å². The summed E-state index contributed by atoms with van der Waals surface area (Å²) in [5.74, 6) is -3.19. The molecule has 3 N–H and O–H groups in total. The molecule has 0 aliphatic carbocycles. The van der Waals surface area contributed by atoms with Gasteiger partial charge in [0.05, 0.1) is 38.6 Å². The van der Waals surface area contributed by atoms with Gasteiger partial charge in [0.25, 0.3) is 11.8 Å². The number of pyridine rings is 2. The van der Waals surface area contributed by atoms with Crippen molar-refractivity contribution in [3.05, 3.63) is 112 Å². The second kappa shape index (κ2) is 12.7. The summed E-state index contributed by atoms with van der Waals surface area (Å²) in [4.78, 5) is 46.6. The highest BCUT2D eigenvalue weighted by Crippen LogP contribution is 2.37. The number of carbonyl (C=O) groups is 2. The molecule has 2 aromatic heterocycles. The Bertz CT molecular complexity index is 2260. The first-order valence-corrected chi connectivity index (χ1v) is 15.3. The number of nitrogens with zero attached hydrogens (tertiary/aromatic N) is 3. The largest absolute Gasteiger partial charge is 0.493 e. The van der Waals surface area contributed by atoms with Crippen molar-refractivity contribution in [2.45, 2.75) is 12.8 Å². The molecule has 1 saturated heterocycles. The zero-order valence-corrected chi connectivity index (χ0v) is 26.6. The number of nitrogens with one attached hydrogen (secondary N) is 1. The van der Waals surface area contributed by atoms with E-state index in [0.717, 1.165) is 24.3 Å². The van der Waals surface area contributed by atoms with E-state index in [1.165, 1.54) is 48.2 Å². The van der Waals surface area contributed by atoms with Crippen LogP contribution in [-0.2, 0) is 11.3 Å². The molecule has 2 amide bonds. The second-order valence-corrected chi connectivity index (χ2v) is 11.6. The van der Waals surface area contributed by atoms with Crippen molar-refractivity contribution in [2.24, 2.45) is 0 Å². The minimum atomic E-state index is -1.06. The maximum absolute atomic E-state index is 15.7. The molecule has 2 aliphatic rings. The van der Waals surface area contributed by atoms with E-state index in [-0.39, 0.29) is 46.9 Å². The van der Waals surface area contributed by atoms with Crippen LogP contribution in [0.3, 0.4) is 0 Å². The van der Waals surface area contributed by atoms with Gasteiger partial charge in [-0.05, 0) is 47.5 Å². The van der Waals surface area contributed by atoms with Gasteiger partial charge in [0.15, 0.2) is 17.7 Å². The fraction of sp³-hybridized carbons (Fsp3) is 0.167. The summed E-state index contributed by atoms with van der Waals surface area (Å²) in [6, 6.07) is 13.2. The number of hydrogen-bond donors (Lipinski definition) is 2. The predicted octanol–water partition coefficient (Wildman–Crippen LogP) is 5.33. The molecule has 3 aromatic carbocycles. The maximum atomic E-state index is 15.7. The molecule has 254 valence electrons. The SMILES string of the molecule is COc1ccc(-c2cnc(N)c(-c3cc(F)c(NC(=O)c4cn5c(c(-c6ccc(F)cc6)c4=O)C(=O)N4CCOC4C5)cc3F)c2)cc1OC. The maximum Gasteiger partial charge on any atom is 0.273 e. The van der Waals surface area contributed by atoms with Crippen molar-refractivity contribution < 1.29 is 37.0 Å². The highest BCUT2D eigenvalue weighted by atomic mass is 19.1. The van der Waals surface area contributed by atoms with E-state index in [1.54, 1.807) is 24.3 Å². The van der Waals surface area contributed by atoms with Gasteiger partial charge in [0, 0.05) is 41.7 Å². The fourth-order valence-electron chi connectivity index (χ4n) is 6.20. The molecular weight excluding hydrogens is 655 g/mol. The lowest BCUT2D eigenvalue weighted by Gasteiger charge is -2.32. The minimum Gasteiger partial charge on any atom is -0.493 e. The van der Waals surface area contributed by atoms with Crippen LogP contribution in [0.25, 0.3) is 33.4 Å². The molecule has 1 atom stereocenters. The Morgan fingerprint density at radius 3 is 2.40 bits per heavy atom. The topological polar surface area (TPSA) is 138 Å². The molecule has 1 unspecified atom stereocenters.